The Morgan fingerprint density at radius 1 is 1.00 bits per heavy atom. The zero-order chi connectivity index (χ0) is 14.5. The Labute approximate surface area is 123 Å². The molecule has 0 radical (unpaired) electrons. The Bertz CT molecular complexity index is 682. The van der Waals surface area contributed by atoms with E-state index in [0.717, 1.165) is 11.4 Å². The van der Waals surface area contributed by atoms with Crippen LogP contribution < -0.4 is 10.1 Å². The number of benzene rings is 2. The Kier molecular flexibility index (Phi) is 3.82. The van der Waals surface area contributed by atoms with Crippen LogP contribution in [0.3, 0.4) is 0 Å². The summed E-state index contributed by atoms with van der Waals surface area (Å²) in [7, 11) is 0. The molecule has 106 valence electrons. The highest BCUT2D eigenvalue weighted by atomic mass is 16.5. The average molecular weight is 280 g/mol. The van der Waals surface area contributed by atoms with Crippen LogP contribution in [0.4, 0.5) is 11.6 Å². The van der Waals surface area contributed by atoms with Crippen LogP contribution in [0, 0.1) is 0 Å². The van der Waals surface area contributed by atoms with Crippen LogP contribution in [0.5, 0.6) is 5.75 Å². The van der Waals surface area contributed by atoms with Crippen molar-refractivity contribution in [3.63, 3.8) is 0 Å². The summed E-state index contributed by atoms with van der Waals surface area (Å²) in [4.78, 5) is 4.40. The maximum absolute atomic E-state index is 5.80. The third-order valence-corrected chi connectivity index (χ3v) is 2.97. The van der Waals surface area contributed by atoms with E-state index < -0.39 is 0 Å². The van der Waals surface area contributed by atoms with Gasteiger partial charge in [-0.1, -0.05) is 36.4 Å². The van der Waals surface area contributed by atoms with E-state index in [1.165, 1.54) is 0 Å². The summed E-state index contributed by atoms with van der Waals surface area (Å²) in [5, 5.41) is 10.2. The second-order valence-corrected chi connectivity index (χ2v) is 4.61. The summed E-state index contributed by atoms with van der Waals surface area (Å²) < 4.78 is 5.80. The smallest absolute Gasteiger partial charge is 0.246 e. The Morgan fingerprint density at radius 3 is 2.38 bits per heavy atom. The van der Waals surface area contributed by atoms with E-state index in [1.807, 2.05) is 67.6 Å². The van der Waals surface area contributed by atoms with Gasteiger partial charge in [0.25, 0.3) is 0 Å². The highest BCUT2D eigenvalue weighted by molar-refractivity contribution is 5.52. The number of para-hydroxylation sites is 2. The molecule has 0 bridgehead atoms. The van der Waals surface area contributed by atoms with Crippen molar-refractivity contribution in [2.45, 2.75) is 13.0 Å². The number of nitrogens with zero attached hydrogens (tertiary/aromatic N) is 2. The van der Waals surface area contributed by atoms with E-state index in [9.17, 15) is 0 Å². The molecule has 2 aromatic carbocycles. The van der Waals surface area contributed by atoms with Gasteiger partial charge in [0.1, 0.15) is 5.75 Å². The first kappa shape index (κ1) is 13.2. The number of ether oxygens (including phenoxy) is 1. The summed E-state index contributed by atoms with van der Waals surface area (Å²) in [5.74, 6) is 2.01. The molecule has 3 rings (SSSR count). The van der Waals surface area contributed by atoms with Crippen molar-refractivity contribution in [2.24, 2.45) is 0 Å². The molecule has 5 nitrogen and oxygen atoms in total. The molecule has 1 atom stereocenters. The van der Waals surface area contributed by atoms with Crippen LogP contribution in [-0.2, 0) is 0 Å². The average Bonchev–Trinajstić information content (AvgIpc) is 2.98. The molecule has 0 fully saturated rings. The van der Waals surface area contributed by atoms with Crippen molar-refractivity contribution < 1.29 is 4.74 Å². The predicted octanol–water partition coefficient (Wildman–Crippen LogP) is 3.69. The monoisotopic (exact) mass is 280 g/mol. The minimum Gasteiger partial charge on any atom is -0.483 e. The minimum atomic E-state index is -0.203. The fraction of sp³-hybridized carbons (Fsp3) is 0.125. The van der Waals surface area contributed by atoms with Gasteiger partial charge >= 0.3 is 0 Å². The Morgan fingerprint density at radius 2 is 1.67 bits per heavy atom. The minimum absolute atomic E-state index is 0.203. The predicted molar refractivity (Wildman–Crippen MR) is 81.6 cm³/mol. The molecule has 1 unspecified atom stereocenters. The molecule has 3 aromatic rings. The van der Waals surface area contributed by atoms with Crippen molar-refractivity contribution >= 4 is 11.6 Å². The number of anilines is 2. The molecule has 0 spiro atoms. The van der Waals surface area contributed by atoms with Crippen LogP contribution in [-0.4, -0.2) is 15.2 Å². The van der Waals surface area contributed by atoms with E-state index in [0.29, 0.717) is 11.8 Å². The third kappa shape index (κ3) is 3.39. The van der Waals surface area contributed by atoms with Crippen LogP contribution in [0.1, 0.15) is 18.9 Å². The van der Waals surface area contributed by atoms with Gasteiger partial charge in [-0.15, -0.1) is 5.10 Å². The van der Waals surface area contributed by atoms with E-state index >= 15 is 0 Å². The summed E-state index contributed by atoms with van der Waals surface area (Å²) in [5.41, 5.74) is 0.944. The van der Waals surface area contributed by atoms with Crippen LogP contribution in [0.25, 0.3) is 0 Å². The first-order chi connectivity index (χ1) is 10.3. The van der Waals surface area contributed by atoms with Gasteiger partial charge in [-0.25, -0.2) is 0 Å². The molecule has 0 amide bonds. The second kappa shape index (κ2) is 6.09. The van der Waals surface area contributed by atoms with Gasteiger partial charge < -0.3 is 10.1 Å². The van der Waals surface area contributed by atoms with Gasteiger partial charge in [0.05, 0.1) is 0 Å². The molecule has 0 aliphatic heterocycles. The lowest BCUT2D eigenvalue weighted by Gasteiger charge is -2.11. The lowest BCUT2D eigenvalue weighted by atomic mass is 10.3. The number of hydrogen-bond acceptors (Lipinski definition) is 4. The number of rotatable bonds is 5. The van der Waals surface area contributed by atoms with Crippen molar-refractivity contribution in [2.75, 3.05) is 5.32 Å². The van der Waals surface area contributed by atoms with E-state index in [1.54, 1.807) is 0 Å². The van der Waals surface area contributed by atoms with Gasteiger partial charge in [0, 0.05) is 5.69 Å². The molecular formula is C16H16N4O. The van der Waals surface area contributed by atoms with Crippen molar-refractivity contribution in [1.82, 2.24) is 15.2 Å². The van der Waals surface area contributed by atoms with Crippen LogP contribution in [0.2, 0.25) is 0 Å². The van der Waals surface area contributed by atoms with E-state index in [4.69, 9.17) is 4.74 Å². The number of nitrogens with one attached hydrogen (secondary N) is 2. The van der Waals surface area contributed by atoms with Crippen LogP contribution >= 0.6 is 0 Å². The summed E-state index contributed by atoms with van der Waals surface area (Å²) in [6.07, 6.45) is -0.203. The van der Waals surface area contributed by atoms with E-state index in [-0.39, 0.29) is 6.10 Å². The quantitative estimate of drug-likeness (QED) is 0.748. The summed E-state index contributed by atoms with van der Waals surface area (Å²) in [6.45, 7) is 1.93. The fourth-order valence-electron chi connectivity index (χ4n) is 1.92. The lowest BCUT2D eigenvalue weighted by molar-refractivity contribution is 0.217. The maximum atomic E-state index is 5.80. The van der Waals surface area contributed by atoms with E-state index in [2.05, 4.69) is 20.5 Å². The number of aromatic amines is 1. The first-order valence-corrected chi connectivity index (χ1v) is 6.77. The molecule has 5 heteroatoms. The Hall–Kier alpha value is -2.82. The molecule has 2 N–H and O–H groups in total. The van der Waals surface area contributed by atoms with Gasteiger partial charge in [-0.05, 0) is 31.2 Å². The molecule has 0 aliphatic carbocycles. The summed E-state index contributed by atoms with van der Waals surface area (Å²) >= 11 is 0. The maximum Gasteiger partial charge on any atom is 0.246 e. The number of aromatic nitrogens is 3. The molecule has 1 aromatic heterocycles. The van der Waals surface area contributed by atoms with Gasteiger partial charge in [0.2, 0.25) is 5.95 Å². The highest BCUT2D eigenvalue weighted by Crippen LogP contribution is 2.20. The molecule has 1 heterocycles. The van der Waals surface area contributed by atoms with Crippen molar-refractivity contribution in [3.8, 4) is 5.75 Å². The normalized spacial score (nSPS) is 11.9. The molecule has 21 heavy (non-hydrogen) atoms. The molecular weight excluding hydrogens is 264 g/mol. The zero-order valence-electron chi connectivity index (χ0n) is 11.7. The topological polar surface area (TPSA) is 62.8 Å². The van der Waals surface area contributed by atoms with Crippen molar-refractivity contribution in [3.05, 3.63) is 66.5 Å². The van der Waals surface area contributed by atoms with Crippen LogP contribution in [0.15, 0.2) is 60.7 Å². The van der Waals surface area contributed by atoms with Crippen molar-refractivity contribution in [1.29, 1.82) is 0 Å². The first-order valence-electron chi connectivity index (χ1n) is 6.77. The second-order valence-electron chi connectivity index (χ2n) is 4.61. The molecule has 0 saturated carbocycles. The van der Waals surface area contributed by atoms with Gasteiger partial charge in [-0.2, -0.15) is 4.98 Å². The van der Waals surface area contributed by atoms with Gasteiger partial charge in [0.15, 0.2) is 11.9 Å². The van der Waals surface area contributed by atoms with Gasteiger partial charge in [-0.3, -0.25) is 5.10 Å². The largest absolute Gasteiger partial charge is 0.483 e. The summed E-state index contributed by atoms with van der Waals surface area (Å²) in [6, 6.07) is 19.4. The molecule has 0 saturated heterocycles. The number of H-pyrrole nitrogens is 1. The number of hydrogen-bond donors (Lipinski definition) is 2. The molecule has 0 aliphatic rings. The SMILES string of the molecule is CC(Oc1ccccc1)c1nc(Nc2ccccc2)n[nH]1. The Balaban J connectivity index is 1.67. The fourth-order valence-corrected chi connectivity index (χ4v) is 1.92. The standard InChI is InChI=1S/C16H16N4O/c1-12(21-14-10-6-3-7-11-14)15-18-16(20-19-15)17-13-8-4-2-5-9-13/h2-12H,1H3,(H2,17,18,19,20). The third-order valence-electron chi connectivity index (χ3n) is 2.97. The lowest BCUT2D eigenvalue weighted by Crippen LogP contribution is -2.05. The zero-order valence-corrected chi connectivity index (χ0v) is 11.7. The highest BCUT2D eigenvalue weighted by Gasteiger charge is 2.12.